The molecule has 0 bridgehead atoms. The monoisotopic (exact) mass is 394 g/mol. The lowest BCUT2D eigenvalue weighted by atomic mass is 10.1. The second-order valence-electron chi connectivity index (χ2n) is 6.93. The summed E-state index contributed by atoms with van der Waals surface area (Å²) in [6.07, 6.45) is 7.04. The number of carbonyl (C=O) groups excluding carboxylic acids is 1. The lowest BCUT2D eigenvalue weighted by Gasteiger charge is -2.16. The average Bonchev–Trinajstić information content (AvgIpc) is 3.27. The highest BCUT2D eigenvalue weighted by Gasteiger charge is 2.12. The molecule has 7 nitrogen and oxygen atoms in total. The van der Waals surface area contributed by atoms with E-state index in [-0.39, 0.29) is 8.76 Å². The molecular formula is C22H30N6O. The molecule has 1 aliphatic rings. The van der Waals surface area contributed by atoms with Crippen molar-refractivity contribution in [1.82, 2.24) is 4.90 Å². The largest absolute Gasteiger partial charge is 0.398 e. The molecule has 1 heterocycles. The number of nitrogens with zero attached hydrogens (tertiary/aromatic N) is 1. The molecule has 2 aromatic carbocycles. The third kappa shape index (κ3) is 4.95. The zero-order chi connectivity index (χ0) is 20.8. The van der Waals surface area contributed by atoms with E-state index in [2.05, 4.69) is 10.2 Å². The number of benzene rings is 2. The van der Waals surface area contributed by atoms with E-state index < -0.39 is 0 Å². The van der Waals surface area contributed by atoms with Gasteiger partial charge in [0.25, 0.3) is 5.91 Å². The van der Waals surface area contributed by atoms with Crippen LogP contribution < -0.4 is 22.5 Å². The topological polar surface area (TPSA) is 134 Å². The molecule has 0 saturated carbocycles. The molecule has 1 fully saturated rings. The van der Waals surface area contributed by atoms with E-state index in [1.54, 1.807) is 36.4 Å². The zero-order valence-corrected chi connectivity index (χ0v) is 16.2. The van der Waals surface area contributed by atoms with Crippen LogP contribution in [0.3, 0.4) is 0 Å². The Morgan fingerprint density at radius 3 is 2.55 bits per heavy atom. The molecule has 0 spiro atoms. The van der Waals surface area contributed by atoms with Gasteiger partial charge in [-0.1, -0.05) is 12.1 Å². The minimum absolute atomic E-state index is 0. The molecule has 1 aliphatic heterocycles. The number of rotatable bonds is 6. The molecule has 0 aromatic heterocycles. The first-order valence-corrected chi connectivity index (χ1v) is 9.47. The highest BCUT2D eigenvalue weighted by Crippen LogP contribution is 2.18. The predicted molar refractivity (Wildman–Crippen MR) is 123 cm³/mol. The number of carbonyl (C=O) groups is 1. The summed E-state index contributed by atoms with van der Waals surface area (Å²) in [5.41, 5.74) is 21.4. The summed E-state index contributed by atoms with van der Waals surface area (Å²) in [7, 11) is 0. The maximum absolute atomic E-state index is 12.5. The van der Waals surface area contributed by atoms with Crippen molar-refractivity contribution in [3.05, 3.63) is 77.1 Å². The van der Waals surface area contributed by atoms with Crippen molar-refractivity contribution >= 4 is 29.2 Å². The molecular weight excluding hydrogens is 364 g/mol. The van der Waals surface area contributed by atoms with Crippen molar-refractivity contribution < 1.29 is 7.65 Å². The second kappa shape index (κ2) is 8.97. The van der Waals surface area contributed by atoms with Gasteiger partial charge in [0.1, 0.15) is 0 Å². The van der Waals surface area contributed by atoms with Crippen LogP contribution in [0.15, 0.2) is 60.4 Å². The molecule has 1 amide bonds. The Balaban J connectivity index is 0.00000240. The molecule has 0 unspecified atom stereocenters. The SMILES string of the molecule is N=Cc1cc(C(=O)Nc2cccc(/C(N)=C/C=C(\N)N3CCCC3)c2)ccc1N.[HH].[HH]. The fourth-order valence-electron chi connectivity index (χ4n) is 3.17. The van der Waals surface area contributed by atoms with Gasteiger partial charge >= 0.3 is 0 Å². The van der Waals surface area contributed by atoms with Crippen molar-refractivity contribution in [1.29, 1.82) is 5.41 Å². The standard InChI is InChI=1S/C22H26N6O.2H2/c23-14-17-12-16(6-7-20(17)25)22(29)27-18-5-3-4-15(13-18)19(24)8-9-21(26)28-10-1-2-11-28;;/h3-9,12-14,23H,1-2,10-11,24-26H2,(H,27,29);2*1H/b19-8-,21-9+,23-14?;;. The van der Waals surface area contributed by atoms with Crippen molar-refractivity contribution in [3.8, 4) is 0 Å². The molecule has 0 aliphatic carbocycles. The zero-order valence-electron chi connectivity index (χ0n) is 16.2. The van der Waals surface area contributed by atoms with Crippen LogP contribution in [0.4, 0.5) is 11.4 Å². The number of hydrogen-bond donors (Lipinski definition) is 5. The fourth-order valence-corrected chi connectivity index (χ4v) is 3.17. The Labute approximate surface area is 173 Å². The van der Waals surface area contributed by atoms with Crippen molar-refractivity contribution in [2.24, 2.45) is 11.5 Å². The van der Waals surface area contributed by atoms with Crippen molar-refractivity contribution in [3.63, 3.8) is 0 Å². The van der Waals surface area contributed by atoms with Gasteiger partial charge in [-0.05, 0) is 60.9 Å². The lowest BCUT2D eigenvalue weighted by Crippen LogP contribution is -2.24. The Hall–Kier alpha value is -3.74. The Morgan fingerprint density at radius 1 is 1.07 bits per heavy atom. The number of amides is 1. The minimum Gasteiger partial charge on any atom is -0.398 e. The number of likely N-dealkylation sites (tertiary alicyclic amines) is 1. The summed E-state index contributed by atoms with van der Waals surface area (Å²) < 4.78 is 0. The smallest absolute Gasteiger partial charge is 0.255 e. The summed E-state index contributed by atoms with van der Waals surface area (Å²) in [6.45, 7) is 1.95. The van der Waals surface area contributed by atoms with E-state index in [0.29, 0.717) is 34.0 Å². The first-order valence-electron chi connectivity index (χ1n) is 9.47. The van der Waals surface area contributed by atoms with E-state index in [4.69, 9.17) is 22.6 Å². The highest BCUT2D eigenvalue weighted by molar-refractivity contribution is 6.05. The first-order chi connectivity index (χ1) is 14.0. The predicted octanol–water partition coefficient (Wildman–Crippen LogP) is 3.21. The van der Waals surface area contributed by atoms with Gasteiger partial charge in [-0.2, -0.15) is 0 Å². The maximum atomic E-state index is 12.5. The number of nitrogen functional groups attached to an aromatic ring is 1. The van der Waals surface area contributed by atoms with Gasteiger partial charge in [-0.3, -0.25) is 4.79 Å². The number of nitrogens with one attached hydrogen (secondary N) is 2. The Morgan fingerprint density at radius 2 is 1.83 bits per heavy atom. The van der Waals surface area contributed by atoms with Crippen LogP contribution in [0.2, 0.25) is 0 Å². The van der Waals surface area contributed by atoms with Crippen LogP contribution in [0.25, 0.3) is 5.70 Å². The molecule has 0 atom stereocenters. The quantitative estimate of drug-likeness (QED) is 0.291. The molecule has 1 saturated heterocycles. The van der Waals surface area contributed by atoms with E-state index >= 15 is 0 Å². The number of allylic oxidation sites excluding steroid dienone is 2. The minimum atomic E-state index is -0.286. The maximum Gasteiger partial charge on any atom is 0.255 e. The van der Waals surface area contributed by atoms with Crippen LogP contribution >= 0.6 is 0 Å². The lowest BCUT2D eigenvalue weighted by molar-refractivity contribution is 0.102. The van der Waals surface area contributed by atoms with Crippen molar-refractivity contribution in [2.75, 3.05) is 24.1 Å². The fraction of sp³-hybridized carbons (Fsp3) is 0.182. The molecule has 29 heavy (non-hydrogen) atoms. The van der Waals surface area contributed by atoms with Crippen molar-refractivity contribution in [2.45, 2.75) is 12.8 Å². The van der Waals surface area contributed by atoms with Crippen LogP contribution in [0, 0.1) is 5.41 Å². The normalized spacial score (nSPS) is 14.7. The molecule has 0 radical (unpaired) electrons. The van der Waals surface area contributed by atoms with Crippen LogP contribution in [-0.2, 0) is 0 Å². The first kappa shape index (κ1) is 20.0. The third-order valence-corrected chi connectivity index (χ3v) is 4.86. The molecule has 8 N–H and O–H groups in total. The van der Waals surface area contributed by atoms with Crippen LogP contribution in [-0.4, -0.2) is 30.1 Å². The summed E-state index contributed by atoms with van der Waals surface area (Å²) >= 11 is 0. The number of hydrogen-bond acceptors (Lipinski definition) is 6. The molecule has 154 valence electrons. The second-order valence-corrected chi connectivity index (χ2v) is 6.93. The van der Waals surface area contributed by atoms with Gasteiger partial charge in [0.2, 0.25) is 0 Å². The van der Waals surface area contributed by atoms with Gasteiger partial charge in [-0.25, -0.2) is 0 Å². The Kier molecular flexibility index (Phi) is 6.19. The van der Waals surface area contributed by atoms with E-state index in [1.807, 2.05) is 18.2 Å². The van der Waals surface area contributed by atoms with E-state index in [9.17, 15) is 4.79 Å². The molecule has 3 rings (SSSR count). The van der Waals surface area contributed by atoms with Gasteiger partial charge in [-0.15, -0.1) is 0 Å². The highest BCUT2D eigenvalue weighted by atomic mass is 16.1. The van der Waals surface area contributed by atoms with Crippen LogP contribution in [0.5, 0.6) is 0 Å². The number of anilines is 2. The van der Waals surface area contributed by atoms with Crippen LogP contribution in [0.1, 0.15) is 37.2 Å². The molecule has 7 heteroatoms. The Bertz CT molecular complexity index is 984. The summed E-state index contributed by atoms with van der Waals surface area (Å²) in [6, 6.07) is 12.1. The summed E-state index contributed by atoms with van der Waals surface area (Å²) in [5, 5.41) is 10.2. The molecule has 2 aromatic rings. The third-order valence-electron chi connectivity index (χ3n) is 4.86. The van der Waals surface area contributed by atoms with Gasteiger partial charge in [0.05, 0.1) is 5.82 Å². The number of nitrogens with two attached hydrogens (primary N) is 3. The average molecular weight is 395 g/mol. The summed E-state index contributed by atoms with van der Waals surface area (Å²) in [4.78, 5) is 14.7. The van der Waals surface area contributed by atoms with E-state index in [0.717, 1.165) is 37.7 Å². The van der Waals surface area contributed by atoms with Gasteiger partial charge in [0.15, 0.2) is 0 Å². The van der Waals surface area contributed by atoms with E-state index in [1.165, 1.54) is 0 Å². The van der Waals surface area contributed by atoms with Gasteiger partial charge in [0, 0.05) is 50.4 Å². The van der Waals surface area contributed by atoms with Gasteiger partial charge < -0.3 is 32.8 Å². The summed E-state index contributed by atoms with van der Waals surface area (Å²) in [5.74, 6) is 0.422.